The second kappa shape index (κ2) is 3.59. The summed E-state index contributed by atoms with van der Waals surface area (Å²) in [4.78, 5) is 26.5. The van der Waals surface area contributed by atoms with E-state index in [9.17, 15) is 9.59 Å². The average molecular weight is 238 g/mol. The summed E-state index contributed by atoms with van der Waals surface area (Å²) in [6.45, 7) is 6.42. The molecular formula is C11H14N2O2S. The first-order valence-corrected chi connectivity index (χ1v) is 5.97. The normalized spacial score (nSPS) is 12.2. The van der Waals surface area contributed by atoms with E-state index in [4.69, 9.17) is 0 Å². The molecule has 2 heterocycles. The van der Waals surface area contributed by atoms with Crippen molar-refractivity contribution in [2.24, 2.45) is 5.41 Å². The minimum Gasteiger partial charge on any atom is -0.306 e. The van der Waals surface area contributed by atoms with Crippen LogP contribution in [0.5, 0.6) is 0 Å². The quantitative estimate of drug-likeness (QED) is 0.823. The summed E-state index contributed by atoms with van der Waals surface area (Å²) in [6, 6.07) is 1.75. The van der Waals surface area contributed by atoms with Crippen LogP contribution in [0.1, 0.15) is 20.8 Å². The van der Waals surface area contributed by atoms with E-state index in [-0.39, 0.29) is 16.7 Å². The smallest absolute Gasteiger partial charge is 0.306 e. The van der Waals surface area contributed by atoms with Gasteiger partial charge in [-0.1, -0.05) is 20.8 Å². The topological polar surface area (TPSA) is 54.9 Å². The maximum absolute atomic E-state index is 12.0. The minimum absolute atomic E-state index is 0.0955. The van der Waals surface area contributed by atoms with Gasteiger partial charge >= 0.3 is 5.69 Å². The lowest BCUT2D eigenvalue weighted by atomic mass is 9.97. The fraction of sp³-hybridized carbons (Fsp3) is 0.455. The second-order valence-corrected chi connectivity index (χ2v) is 5.96. The fourth-order valence-electron chi connectivity index (χ4n) is 1.59. The Morgan fingerprint density at radius 1 is 1.38 bits per heavy atom. The van der Waals surface area contributed by atoms with E-state index in [2.05, 4.69) is 4.98 Å². The van der Waals surface area contributed by atoms with Crippen molar-refractivity contribution < 1.29 is 0 Å². The van der Waals surface area contributed by atoms with Gasteiger partial charge in [0.05, 0.1) is 5.52 Å². The van der Waals surface area contributed by atoms with Gasteiger partial charge in [0.1, 0.15) is 4.70 Å². The van der Waals surface area contributed by atoms with E-state index in [1.54, 1.807) is 6.07 Å². The molecule has 0 aromatic carbocycles. The number of rotatable bonds is 1. The van der Waals surface area contributed by atoms with E-state index in [0.29, 0.717) is 16.8 Å². The predicted octanol–water partition coefficient (Wildman–Crippen LogP) is 1.80. The minimum atomic E-state index is -0.328. The Hall–Kier alpha value is -1.36. The SMILES string of the molecule is CC(C)(C)Cn1c(=O)[nH]c2ccsc2c1=O. The summed E-state index contributed by atoms with van der Waals surface area (Å²) in [7, 11) is 0. The van der Waals surface area contributed by atoms with Gasteiger partial charge in [-0.25, -0.2) is 4.79 Å². The van der Waals surface area contributed by atoms with Gasteiger partial charge in [0.2, 0.25) is 0 Å². The van der Waals surface area contributed by atoms with Gasteiger partial charge in [-0.05, 0) is 16.9 Å². The van der Waals surface area contributed by atoms with Gasteiger partial charge in [0, 0.05) is 6.54 Å². The van der Waals surface area contributed by atoms with Crippen LogP contribution in [0.4, 0.5) is 0 Å². The van der Waals surface area contributed by atoms with E-state index < -0.39 is 0 Å². The van der Waals surface area contributed by atoms with E-state index in [0.717, 1.165) is 0 Å². The predicted molar refractivity (Wildman–Crippen MR) is 66.2 cm³/mol. The molecule has 2 rings (SSSR count). The summed E-state index contributed by atoms with van der Waals surface area (Å²) in [6.07, 6.45) is 0. The van der Waals surface area contributed by atoms with Crippen molar-refractivity contribution in [2.75, 3.05) is 0 Å². The van der Waals surface area contributed by atoms with Crippen LogP contribution in [0.2, 0.25) is 0 Å². The van der Waals surface area contributed by atoms with Gasteiger partial charge in [-0.15, -0.1) is 11.3 Å². The van der Waals surface area contributed by atoms with Crippen molar-refractivity contribution in [1.29, 1.82) is 0 Å². The summed E-state index contributed by atoms with van der Waals surface area (Å²) in [5, 5.41) is 1.81. The van der Waals surface area contributed by atoms with Crippen LogP contribution in [0, 0.1) is 5.41 Å². The van der Waals surface area contributed by atoms with Crippen LogP contribution in [0.15, 0.2) is 21.0 Å². The lowest BCUT2D eigenvalue weighted by Gasteiger charge is -2.18. The third kappa shape index (κ3) is 1.95. The number of aromatic amines is 1. The molecule has 1 N–H and O–H groups in total. The third-order valence-corrected chi connectivity index (χ3v) is 3.13. The standard InChI is InChI=1S/C11H14N2O2S/c1-11(2,3)6-13-9(14)8-7(4-5-16-8)12-10(13)15/h4-5H,6H2,1-3H3,(H,12,15). The number of fused-ring (bicyclic) bond motifs is 1. The highest BCUT2D eigenvalue weighted by Crippen LogP contribution is 2.16. The molecule has 0 saturated heterocycles. The molecule has 4 nitrogen and oxygen atoms in total. The van der Waals surface area contributed by atoms with Gasteiger partial charge in [0.25, 0.3) is 5.56 Å². The molecule has 5 heteroatoms. The molecule has 0 aliphatic carbocycles. The molecule has 0 unspecified atom stereocenters. The highest BCUT2D eigenvalue weighted by molar-refractivity contribution is 7.17. The zero-order valence-corrected chi connectivity index (χ0v) is 10.4. The van der Waals surface area contributed by atoms with Crippen molar-refractivity contribution >= 4 is 21.6 Å². The van der Waals surface area contributed by atoms with Gasteiger partial charge in [-0.3, -0.25) is 9.36 Å². The molecule has 86 valence electrons. The van der Waals surface area contributed by atoms with Crippen LogP contribution < -0.4 is 11.2 Å². The Bertz CT molecular complexity index is 628. The molecule has 0 atom stereocenters. The van der Waals surface area contributed by atoms with E-state index in [1.165, 1.54) is 15.9 Å². The van der Waals surface area contributed by atoms with Crippen LogP contribution in [-0.2, 0) is 6.54 Å². The number of thiophene rings is 1. The monoisotopic (exact) mass is 238 g/mol. The van der Waals surface area contributed by atoms with Gasteiger partial charge in [0.15, 0.2) is 0 Å². The third-order valence-electron chi connectivity index (χ3n) is 2.22. The number of H-pyrrole nitrogens is 1. The molecule has 16 heavy (non-hydrogen) atoms. The summed E-state index contributed by atoms with van der Waals surface area (Å²) in [5.74, 6) is 0. The Morgan fingerprint density at radius 2 is 2.06 bits per heavy atom. The molecule has 0 fully saturated rings. The first-order chi connectivity index (χ1) is 7.38. The fourth-order valence-corrected chi connectivity index (χ4v) is 2.39. The first kappa shape index (κ1) is 11.1. The summed E-state index contributed by atoms with van der Waals surface area (Å²) >= 11 is 1.36. The molecule has 2 aromatic rings. The van der Waals surface area contributed by atoms with Crippen molar-refractivity contribution in [3.8, 4) is 0 Å². The van der Waals surface area contributed by atoms with Gasteiger partial charge < -0.3 is 4.98 Å². The van der Waals surface area contributed by atoms with Crippen LogP contribution >= 0.6 is 11.3 Å². The molecule has 0 aliphatic heterocycles. The molecule has 2 aromatic heterocycles. The summed E-state index contributed by atoms with van der Waals surface area (Å²) in [5.41, 5.74) is 0.0153. The first-order valence-electron chi connectivity index (χ1n) is 5.09. The lowest BCUT2D eigenvalue weighted by molar-refractivity contribution is 0.332. The molecule has 0 aliphatic rings. The number of nitrogens with zero attached hydrogens (tertiary/aromatic N) is 1. The van der Waals surface area contributed by atoms with Gasteiger partial charge in [-0.2, -0.15) is 0 Å². The van der Waals surface area contributed by atoms with Crippen LogP contribution in [0.25, 0.3) is 10.2 Å². The number of hydrogen-bond acceptors (Lipinski definition) is 3. The van der Waals surface area contributed by atoms with Crippen molar-refractivity contribution in [2.45, 2.75) is 27.3 Å². The van der Waals surface area contributed by atoms with Crippen LogP contribution in [-0.4, -0.2) is 9.55 Å². The van der Waals surface area contributed by atoms with Crippen molar-refractivity contribution in [1.82, 2.24) is 9.55 Å². The zero-order chi connectivity index (χ0) is 11.9. The molecule has 0 amide bonds. The highest BCUT2D eigenvalue weighted by Gasteiger charge is 2.16. The Balaban J connectivity index is 2.70. The second-order valence-electron chi connectivity index (χ2n) is 5.05. The summed E-state index contributed by atoms with van der Waals surface area (Å²) < 4.78 is 1.89. The largest absolute Gasteiger partial charge is 0.328 e. The Labute approximate surface area is 96.6 Å². The van der Waals surface area contributed by atoms with Crippen molar-refractivity contribution in [3.63, 3.8) is 0 Å². The lowest BCUT2D eigenvalue weighted by Crippen LogP contribution is -2.38. The van der Waals surface area contributed by atoms with Crippen LogP contribution in [0.3, 0.4) is 0 Å². The zero-order valence-electron chi connectivity index (χ0n) is 9.53. The average Bonchev–Trinajstić information content (AvgIpc) is 2.58. The van der Waals surface area contributed by atoms with E-state index in [1.807, 2.05) is 26.2 Å². The molecule has 0 saturated carbocycles. The number of aromatic nitrogens is 2. The molecule has 0 bridgehead atoms. The maximum atomic E-state index is 12.0. The van der Waals surface area contributed by atoms with Crippen molar-refractivity contribution in [3.05, 3.63) is 32.3 Å². The Morgan fingerprint density at radius 3 is 2.69 bits per heavy atom. The maximum Gasteiger partial charge on any atom is 0.328 e. The number of nitrogens with one attached hydrogen (secondary N) is 1. The molecule has 0 radical (unpaired) electrons. The molecular weight excluding hydrogens is 224 g/mol. The highest BCUT2D eigenvalue weighted by atomic mass is 32.1. The van der Waals surface area contributed by atoms with E-state index >= 15 is 0 Å². The Kier molecular flexibility index (Phi) is 2.50. The molecule has 0 spiro atoms. The number of hydrogen-bond donors (Lipinski definition) is 1.